The van der Waals surface area contributed by atoms with Crippen molar-refractivity contribution in [3.8, 4) is 11.1 Å². The maximum absolute atomic E-state index is 12.7. The summed E-state index contributed by atoms with van der Waals surface area (Å²) in [6.45, 7) is 3.28. The highest BCUT2D eigenvalue weighted by atomic mass is 16.5. The number of hydrogen-bond acceptors (Lipinski definition) is 6. The van der Waals surface area contributed by atoms with Gasteiger partial charge in [0.1, 0.15) is 5.69 Å². The second-order valence-electron chi connectivity index (χ2n) is 7.33. The van der Waals surface area contributed by atoms with Crippen LogP contribution in [0.25, 0.3) is 11.1 Å². The predicted molar refractivity (Wildman–Crippen MR) is 116 cm³/mol. The predicted octanol–water partition coefficient (Wildman–Crippen LogP) is 3.92. The molecule has 1 aliphatic rings. The molecule has 7 nitrogen and oxygen atoms in total. The Balaban J connectivity index is 1.72. The van der Waals surface area contributed by atoms with Gasteiger partial charge in [0.25, 0.3) is 11.8 Å². The Morgan fingerprint density at radius 1 is 0.906 bits per heavy atom. The van der Waals surface area contributed by atoms with Crippen LogP contribution in [0, 0.1) is 0 Å². The number of fused-ring (bicyclic) bond motifs is 1. The average molecular weight is 428 g/mol. The number of esters is 1. The van der Waals surface area contributed by atoms with Crippen molar-refractivity contribution >= 4 is 23.6 Å². The SMILES string of the molecule is CCOC(=O)c1cc(-c2ccc(C(C)=O)cc2)cc(CN2C(=O)c3ccccc3C2=O)n1. The average Bonchev–Trinajstić information content (AvgIpc) is 3.04. The van der Waals surface area contributed by atoms with E-state index in [0.29, 0.717) is 27.9 Å². The van der Waals surface area contributed by atoms with Gasteiger partial charge >= 0.3 is 5.97 Å². The summed E-state index contributed by atoms with van der Waals surface area (Å²) in [5.74, 6) is -1.45. The fourth-order valence-corrected chi connectivity index (χ4v) is 3.59. The molecule has 4 rings (SSSR count). The van der Waals surface area contributed by atoms with Crippen LogP contribution in [0.5, 0.6) is 0 Å². The maximum atomic E-state index is 12.7. The minimum Gasteiger partial charge on any atom is -0.461 e. The highest BCUT2D eigenvalue weighted by Crippen LogP contribution is 2.27. The number of Topliss-reactive ketones (excluding diaryl/α,β-unsaturated/α-hetero) is 1. The van der Waals surface area contributed by atoms with E-state index in [1.165, 1.54) is 6.92 Å². The lowest BCUT2D eigenvalue weighted by molar-refractivity contribution is 0.0519. The number of hydrogen-bond donors (Lipinski definition) is 0. The highest BCUT2D eigenvalue weighted by molar-refractivity contribution is 6.21. The zero-order chi connectivity index (χ0) is 22.8. The third kappa shape index (κ3) is 3.92. The fourth-order valence-electron chi connectivity index (χ4n) is 3.59. The number of ketones is 1. The molecule has 0 spiro atoms. The first kappa shape index (κ1) is 21.1. The van der Waals surface area contributed by atoms with E-state index in [1.807, 2.05) is 0 Å². The number of ether oxygens (including phenoxy) is 1. The molecule has 2 amide bonds. The molecule has 0 aliphatic carbocycles. The molecule has 0 bridgehead atoms. The minimum absolute atomic E-state index is 0.0511. The molecule has 0 saturated carbocycles. The highest BCUT2D eigenvalue weighted by Gasteiger charge is 2.35. The minimum atomic E-state index is -0.599. The molecule has 1 aromatic heterocycles. The summed E-state index contributed by atoms with van der Waals surface area (Å²) in [7, 11) is 0. The second kappa shape index (κ2) is 8.55. The molecule has 0 N–H and O–H groups in total. The van der Waals surface area contributed by atoms with E-state index in [4.69, 9.17) is 4.74 Å². The number of carbonyl (C=O) groups is 4. The van der Waals surface area contributed by atoms with Crippen molar-refractivity contribution in [3.05, 3.63) is 88.7 Å². The maximum Gasteiger partial charge on any atom is 0.356 e. The first-order chi connectivity index (χ1) is 15.4. The van der Waals surface area contributed by atoms with Gasteiger partial charge in [-0.15, -0.1) is 0 Å². The van der Waals surface area contributed by atoms with Gasteiger partial charge in [-0.2, -0.15) is 0 Å². The van der Waals surface area contributed by atoms with Crippen LogP contribution in [0.15, 0.2) is 60.7 Å². The van der Waals surface area contributed by atoms with Gasteiger partial charge in [-0.25, -0.2) is 9.78 Å². The fraction of sp³-hybridized carbons (Fsp3) is 0.160. The number of benzene rings is 2. The summed E-state index contributed by atoms with van der Waals surface area (Å²) in [4.78, 5) is 54.9. The van der Waals surface area contributed by atoms with E-state index in [2.05, 4.69) is 4.98 Å². The number of pyridine rings is 1. The van der Waals surface area contributed by atoms with E-state index in [9.17, 15) is 19.2 Å². The lowest BCUT2D eigenvalue weighted by Crippen LogP contribution is -2.29. The molecule has 32 heavy (non-hydrogen) atoms. The van der Waals surface area contributed by atoms with Crippen molar-refractivity contribution in [2.75, 3.05) is 6.61 Å². The third-order valence-corrected chi connectivity index (χ3v) is 5.19. The molecular weight excluding hydrogens is 408 g/mol. The van der Waals surface area contributed by atoms with Gasteiger partial charge in [0.2, 0.25) is 0 Å². The van der Waals surface area contributed by atoms with Crippen LogP contribution >= 0.6 is 0 Å². The summed E-state index contributed by atoms with van der Waals surface area (Å²) < 4.78 is 5.09. The Morgan fingerprint density at radius 2 is 1.53 bits per heavy atom. The number of imide groups is 1. The molecule has 0 saturated heterocycles. The van der Waals surface area contributed by atoms with Crippen LogP contribution in [-0.4, -0.2) is 40.1 Å². The van der Waals surface area contributed by atoms with Crippen molar-refractivity contribution in [1.29, 1.82) is 0 Å². The summed E-state index contributed by atoms with van der Waals surface area (Å²) >= 11 is 0. The van der Waals surface area contributed by atoms with E-state index in [-0.39, 0.29) is 24.6 Å². The van der Waals surface area contributed by atoms with Crippen LogP contribution in [0.1, 0.15) is 61.1 Å². The molecule has 1 aliphatic heterocycles. The zero-order valence-electron chi connectivity index (χ0n) is 17.6. The molecule has 2 heterocycles. The molecule has 3 aromatic rings. The number of carbonyl (C=O) groups excluding carboxylic acids is 4. The van der Waals surface area contributed by atoms with Crippen molar-refractivity contribution < 1.29 is 23.9 Å². The smallest absolute Gasteiger partial charge is 0.356 e. The lowest BCUT2D eigenvalue weighted by atomic mass is 10.0. The van der Waals surface area contributed by atoms with Crippen molar-refractivity contribution in [1.82, 2.24) is 9.88 Å². The largest absolute Gasteiger partial charge is 0.461 e. The molecule has 0 radical (unpaired) electrons. The first-order valence-corrected chi connectivity index (χ1v) is 10.1. The molecule has 0 unspecified atom stereocenters. The van der Waals surface area contributed by atoms with Crippen molar-refractivity contribution in [3.63, 3.8) is 0 Å². The summed E-state index contributed by atoms with van der Waals surface area (Å²) in [5, 5.41) is 0. The normalized spacial score (nSPS) is 12.6. The van der Waals surface area contributed by atoms with Crippen LogP contribution in [0.4, 0.5) is 0 Å². The van der Waals surface area contributed by atoms with Gasteiger partial charge < -0.3 is 4.74 Å². The van der Waals surface area contributed by atoms with Gasteiger partial charge in [-0.3, -0.25) is 19.3 Å². The monoisotopic (exact) mass is 428 g/mol. The van der Waals surface area contributed by atoms with Crippen LogP contribution in [0.3, 0.4) is 0 Å². The molecule has 7 heteroatoms. The van der Waals surface area contributed by atoms with Gasteiger partial charge in [-0.05, 0) is 49.2 Å². The Kier molecular flexibility index (Phi) is 5.64. The Hall–Kier alpha value is -4.13. The van der Waals surface area contributed by atoms with Crippen LogP contribution in [0.2, 0.25) is 0 Å². The summed E-state index contributed by atoms with van der Waals surface area (Å²) in [5.41, 5.74) is 3.12. The standard InChI is InChI=1S/C25H20N2O5/c1-3-32-25(31)22-13-18(17-10-8-16(9-11-17)15(2)28)12-19(26-22)14-27-23(29)20-6-4-5-7-21(20)24(27)30/h4-13H,3,14H2,1-2H3. The van der Waals surface area contributed by atoms with E-state index in [1.54, 1.807) is 67.6 Å². The quantitative estimate of drug-likeness (QED) is 0.336. The molecule has 2 aromatic carbocycles. The van der Waals surface area contributed by atoms with E-state index >= 15 is 0 Å². The number of rotatable bonds is 6. The molecule has 0 fully saturated rings. The van der Waals surface area contributed by atoms with Crippen LogP contribution < -0.4 is 0 Å². The Bertz CT molecular complexity index is 1210. The summed E-state index contributed by atoms with van der Waals surface area (Å²) in [6.07, 6.45) is 0. The van der Waals surface area contributed by atoms with E-state index in [0.717, 1.165) is 10.5 Å². The van der Waals surface area contributed by atoms with Crippen molar-refractivity contribution in [2.24, 2.45) is 0 Å². The van der Waals surface area contributed by atoms with Crippen molar-refractivity contribution in [2.45, 2.75) is 20.4 Å². The zero-order valence-corrected chi connectivity index (χ0v) is 17.6. The third-order valence-electron chi connectivity index (χ3n) is 5.19. The number of aromatic nitrogens is 1. The molecular formula is C25H20N2O5. The van der Waals surface area contributed by atoms with Gasteiger partial charge in [0.05, 0.1) is 30.0 Å². The van der Waals surface area contributed by atoms with Gasteiger partial charge in [0.15, 0.2) is 5.78 Å². The van der Waals surface area contributed by atoms with Gasteiger partial charge in [-0.1, -0.05) is 36.4 Å². The summed E-state index contributed by atoms with van der Waals surface area (Å²) in [6, 6.07) is 16.9. The number of nitrogens with zero attached hydrogens (tertiary/aromatic N) is 2. The topological polar surface area (TPSA) is 93.6 Å². The van der Waals surface area contributed by atoms with E-state index < -0.39 is 17.8 Å². The Labute approximate surface area is 184 Å². The van der Waals surface area contributed by atoms with Crippen LogP contribution in [-0.2, 0) is 11.3 Å². The second-order valence-corrected chi connectivity index (χ2v) is 7.33. The molecule has 0 atom stereocenters. The Morgan fingerprint density at radius 3 is 2.09 bits per heavy atom. The number of amides is 2. The van der Waals surface area contributed by atoms with Gasteiger partial charge in [0, 0.05) is 5.56 Å². The lowest BCUT2D eigenvalue weighted by Gasteiger charge is -2.15. The molecule has 160 valence electrons. The first-order valence-electron chi connectivity index (χ1n) is 10.1.